The first kappa shape index (κ1) is 29.6. The molecule has 0 aromatic heterocycles. The van der Waals surface area contributed by atoms with Crippen LogP contribution in [-0.2, 0) is 6.42 Å². The van der Waals surface area contributed by atoms with Crippen LogP contribution in [0.25, 0.3) is 0 Å². The number of unbranched alkanes of at least 4 members (excludes halogenated alkanes) is 14. The summed E-state index contributed by atoms with van der Waals surface area (Å²) in [5.74, 6) is 0.768. The highest BCUT2D eigenvalue weighted by molar-refractivity contribution is 7.80. The smallest absolute Gasteiger partial charge is 0.122 e. The van der Waals surface area contributed by atoms with E-state index in [4.69, 9.17) is 28.4 Å². The standard InChI is InChI=1S/C28H49N3OS/c1-3-4-5-6-7-8-9-10-11-12-13-14-15-16-17-18-21-31-28(33)25-20-19-24(23-27(29)30)26(22-25)32-2/h18-22,27H,3-17,23,29-30H2,1-2H3,(H,31,33). The summed E-state index contributed by atoms with van der Waals surface area (Å²) in [7, 11) is 1.65. The lowest BCUT2D eigenvalue weighted by Gasteiger charge is -2.13. The average Bonchev–Trinajstić information content (AvgIpc) is 2.80. The Kier molecular flexibility index (Phi) is 17.9. The molecule has 0 unspecified atom stereocenters. The normalized spacial score (nSPS) is 11.4. The van der Waals surface area contributed by atoms with E-state index >= 15 is 0 Å². The summed E-state index contributed by atoms with van der Waals surface area (Å²) in [4.78, 5) is 0.689. The summed E-state index contributed by atoms with van der Waals surface area (Å²) in [5.41, 5.74) is 13.3. The maximum atomic E-state index is 5.70. The predicted molar refractivity (Wildman–Crippen MR) is 148 cm³/mol. The Morgan fingerprint density at radius 2 is 1.45 bits per heavy atom. The number of allylic oxidation sites excluding steroid dienone is 1. The van der Waals surface area contributed by atoms with Crippen LogP contribution in [0, 0.1) is 0 Å². The first-order valence-corrected chi connectivity index (χ1v) is 13.6. The number of hydrogen-bond donors (Lipinski definition) is 3. The molecule has 0 aliphatic carbocycles. The summed E-state index contributed by atoms with van der Waals surface area (Å²) < 4.78 is 5.46. The van der Waals surface area contributed by atoms with Crippen LogP contribution in [0.2, 0.25) is 0 Å². The molecule has 5 N–H and O–H groups in total. The molecule has 4 nitrogen and oxygen atoms in total. The Balaban J connectivity index is 2.04. The third-order valence-electron chi connectivity index (χ3n) is 6.06. The molecule has 1 aromatic rings. The molecule has 0 fully saturated rings. The maximum Gasteiger partial charge on any atom is 0.122 e. The number of nitrogens with two attached hydrogens (primary N) is 2. The molecular weight excluding hydrogens is 426 g/mol. The number of thiocarbonyl (C=S) groups is 1. The van der Waals surface area contributed by atoms with Gasteiger partial charge in [0.05, 0.1) is 13.3 Å². The molecule has 5 heteroatoms. The van der Waals surface area contributed by atoms with Gasteiger partial charge in [-0.05, 0) is 30.7 Å². The molecule has 0 saturated carbocycles. The lowest BCUT2D eigenvalue weighted by Crippen LogP contribution is -2.32. The fourth-order valence-electron chi connectivity index (χ4n) is 4.07. The highest BCUT2D eigenvalue weighted by Gasteiger charge is 2.09. The van der Waals surface area contributed by atoms with E-state index in [0.29, 0.717) is 11.4 Å². The minimum absolute atomic E-state index is 0.396. The summed E-state index contributed by atoms with van der Waals surface area (Å²) in [5, 5.41) is 3.21. The topological polar surface area (TPSA) is 73.3 Å². The molecule has 0 saturated heterocycles. The van der Waals surface area contributed by atoms with Gasteiger partial charge >= 0.3 is 0 Å². The van der Waals surface area contributed by atoms with Crippen molar-refractivity contribution >= 4 is 17.2 Å². The van der Waals surface area contributed by atoms with E-state index in [0.717, 1.165) is 23.3 Å². The van der Waals surface area contributed by atoms with E-state index in [1.165, 1.54) is 89.9 Å². The Bertz CT molecular complexity index is 661. The number of hydrogen-bond acceptors (Lipinski definition) is 4. The SMILES string of the molecule is CCCCCCCCCCCCCCCCC=CNC(=S)c1ccc(CC(N)N)c(OC)c1. The average molecular weight is 476 g/mol. The third-order valence-corrected chi connectivity index (χ3v) is 6.42. The van der Waals surface area contributed by atoms with Crippen LogP contribution in [0.4, 0.5) is 0 Å². The van der Waals surface area contributed by atoms with Crippen LogP contribution < -0.4 is 21.5 Å². The molecule has 1 aromatic carbocycles. The van der Waals surface area contributed by atoms with Crippen molar-refractivity contribution in [2.24, 2.45) is 11.5 Å². The van der Waals surface area contributed by atoms with Crippen LogP contribution in [0.3, 0.4) is 0 Å². The van der Waals surface area contributed by atoms with Crippen LogP contribution in [0.5, 0.6) is 5.75 Å². The van der Waals surface area contributed by atoms with Gasteiger partial charge in [0, 0.05) is 12.0 Å². The maximum absolute atomic E-state index is 5.70. The lowest BCUT2D eigenvalue weighted by atomic mass is 10.0. The second kappa shape index (κ2) is 20.0. The summed E-state index contributed by atoms with van der Waals surface area (Å²) in [6, 6.07) is 5.90. The van der Waals surface area contributed by atoms with Crippen molar-refractivity contribution < 1.29 is 4.74 Å². The summed E-state index contributed by atoms with van der Waals surface area (Å²) in [6.07, 6.45) is 24.9. The highest BCUT2D eigenvalue weighted by Crippen LogP contribution is 2.21. The molecule has 0 bridgehead atoms. The molecule has 0 aliphatic heterocycles. The van der Waals surface area contributed by atoms with Crippen molar-refractivity contribution in [2.75, 3.05) is 7.11 Å². The monoisotopic (exact) mass is 475 g/mol. The van der Waals surface area contributed by atoms with E-state index in [9.17, 15) is 0 Å². The van der Waals surface area contributed by atoms with Gasteiger partial charge in [0.2, 0.25) is 0 Å². The first-order valence-electron chi connectivity index (χ1n) is 13.2. The molecule has 188 valence electrons. The van der Waals surface area contributed by atoms with Gasteiger partial charge in [0.25, 0.3) is 0 Å². The Labute approximate surface area is 208 Å². The second-order valence-corrected chi connectivity index (χ2v) is 9.56. The molecule has 1 rings (SSSR count). The van der Waals surface area contributed by atoms with E-state index in [-0.39, 0.29) is 0 Å². The Hall–Kier alpha value is -1.43. The molecule has 0 aliphatic rings. The van der Waals surface area contributed by atoms with Crippen LogP contribution >= 0.6 is 12.2 Å². The van der Waals surface area contributed by atoms with Gasteiger partial charge < -0.3 is 21.5 Å². The van der Waals surface area contributed by atoms with Crippen molar-refractivity contribution in [3.05, 3.63) is 41.6 Å². The zero-order valence-corrected chi connectivity index (χ0v) is 22.1. The summed E-state index contributed by atoms with van der Waals surface area (Å²) in [6.45, 7) is 2.28. The van der Waals surface area contributed by atoms with Crippen molar-refractivity contribution in [3.63, 3.8) is 0 Å². The first-order chi connectivity index (χ1) is 16.1. The minimum atomic E-state index is -0.396. The van der Waals surface area contributed by atoms with Gasteiger partial charge in [0.15, 0.2) is 0 Å². The van der Waals surface area contributed by atoms with Crippen molar-refractivity contribution in [1.82, 2.24) is 5.32 Å². The predicted octanol–water partition coefficient (Wildman–Crippen LogP) is 7.13. The number of nitrogens with one attached hydrogen (secondary N) is 1. The van der Waals surface area contributed by atoms with Gasteiger partial charge in [0.1, 0.15) is 10.7 Å². The largest absolute Gasteiger partial charge is 0.496 e. The fourth-order valence-corrected chi connectivity index (χ4v) is 4.26. The number of ether oxygens (including phenoxy) is 1. The Morgan fingerprint density at radius 1 is 0.909 bits per heavy atom. The van der Waals surface area contributed by atoms with Crippen molar-refractivity contribution in [3.8, 4) is 5.75 Å². The number of benzene rings is 1. The Morgan fingerprint density at radius 3 is 1.97 bits per heavy atom. The van der Waals surface area contributed by atoms with E-state index in [1.54, 1.807) is 7.11 Å². The molecule has 0 radical (unpaired) electrons. The van der Waals surface area contributed by atoms with Gasteiger partial charge in [-0.2, -0.15) is 0 Å². The molecular formula is C28H49N3OS. The van der Waals surface area contributed by atoms with E-state index in [2.05, 4.69) is 18.3 Å². The molecule has 0 spiro atoms. The molecule has 33 heavy (non-hydrogen) atoms. The van der Waals surface area contributed by atoms with Gasteiger partial charge in [-0.25, -0.2) is 0 Å². The quantitative estimate of drug-likeness (QED) is 0.106. The number of rotatable bonds is 20. The van der Waals surface area contributed by atoms with Gasteiger partial charge in [-0.1, -0.05) is 121 Å². The molecule has 0 atom stereocenters. The van der Waals surface area contributed by atoms with Gasteiger partial charge in [-0.15, -0.1) is 0 Å². The van der Waals surface area contributed by atoms with E-state index < -0.39 is 6.17 Å². The minimum Gasteiger partial charge on any atom is -0.496 e. The zero-order chi connectivity index (χ0) is 24.2. The lowest BCUT2D eigenvalue weighted by molar-refractivity contribution is 0.408. The van der Waals surface area contributed by atoms with E-state index in [1.807, 2.05) is 24.4 Å². The highest BCUT2D eigenvalue weighted by atomic mass is 32.1. The van der Waals surface area contributed by atoms with Gasteiger partial charge in [-0.3, -0.25) is 0 Å². The molecule has 0 heterocycles. The van der Waals surface area contributed by atoms with Crippen molar-refractivity contribution in [1.29, 1.82) is 0 Å². The van der Waals surface area contributed by atoms with Crippen LogP contribution in [0.1, 0.15) is 114 Å². The summed E-state index contributed by atoms with van der Waals surface area (Å²) >= 11 is 5.50. The van der Waals surface area contributed by atoms with Crippen LogP contribution in [0.15, 0.2) is 30.5 Å². The number of methoxy groups -OCH3 is 1. The second-order valence-electron chi connectivity index (χ2n) is 9.16. The third kappa shape index (κ3) is 15.2. The zero-order valence-electron chi connectivity index (χ0n) is 21.2. The molecule has 0 amide bonds. The van der Waals surface area contributed by atoms with Crippen LogP contribution in [-0.4, -0.2) is 18.3 Å². The van der Waals surface area contributed by atoms with Crippen molar-refractivity contribution in [2.45, 2.75) is 116 Å². The fraction of sp³-hybridized carbons (Fsp3) is 0.679.